The molecule has 100 valence electrons. The van der Waals surface area contributed by atoms with Crippen molar-refractivity contribution in [1.82, 2.24) is 5.32 Å². The molecule has 2 nitrogen and oxygen atoms in total. The van der Waals surface area contributed by atoms with Crippen LogP contribution in [0.2, 0.25) is 0 Å². The van der Waals surface area contributed by atoms with E-state index in [0.717, 1.165) is 30.5 Å². The van der Waals surface area contributed by atoms with Crippen LogP contribution in [-0.2, 0) is 12.7 Å². The molecule has 1 aromatic carbocycles. The monoisotopic (exact) mass is 258 g/mol. The first-order chi connectivity index (χ1) is 8.47. The van der Waals surface area contributed by atoms with Crippen LogP contribution in [0.3, 0.4) is 0 Å². The van der Waals surface area contributed by atoms with Gasteiger partial charge in [0.15, 0.2) is 0 Å². The summed E-state index contributed by atoms with van der Waals surface area (Å²) in [6, 6.07) is 4.03. The van der Waals surface area contributed by atoms with Gasteiger partial charge in [0.2, 0.25) is 0 Å². The molecular formula is C13H17F3N2. The van der Waals surface area contributed by atoms with Crippen molar-refractivity contribution in [2.45, 2.75) is 44.4 Å². The molecule has 5 heteroatoms. The minimum atomic E-state index is -4.33. The van der Waals surface area contributed by atoms with Gasteiger partial charge >= 0.3 is 6.18 Å². The molecule has 0 heterocycles. The predicted octanol–water partition coefficient (Wildman–Crippen LogP) is 3.32. The van der Waals surface area contributed by atoms with Gasteiger partial charge in [-0.3, -0.25) is 0 Å². The van der Waals surface area contributed by atoms with Crippen molar-refractivity contribution in [2.75, 3.05) is 5.73 Å². The van der Waals surface area contributed by atoms with Crippen LogP contribution in [0.1, 0.15) is 36.8 Å². The van der Waals surface area contributed by atoms with Crippen LogP contribution >= 0.6 is 0 Å². The fraction of sp³-hybridized carbons (Fsp3) is 0.538. The van der Waals surface area contributed by atoms with E-state index in [9.17, 15) is 13.2 Å². The number of nitrogens with one attached hydrogen (secondary N) is 1. The Morgan fingerprint density at radius 1 is 1.22 bits per heavy atom. The zero-order valence-corrected chi connectivity index (χ0v) is 10.1. The number of hydrogen-bond acceptors (Lipinski definition) is 2. The Morgan fingerprint density at radius 3 is 2.44 bits per heavy atom. The molecule has 18 heavy (non-hydrogen) atoms. The van der Waals surface area contributed by atoms with E-state index in [1.807, 2.05) is 0 Å². The van der Waals surface area contributed by atoms with Gasteiger partial charge in [-0.25, -0.2) is 0 Å². The number of alkyl halides is 3. The van der Waals surface area contributed by atoms with E-state index in [1.54, 1.807) is 0 Å². The molecule has 0 saturated heterocycles. The minimum Gasteiger partial charge on any atom is -0.398 e. The highest BCUT2D eigenvalue weighted by Gasteiger charge is 2.30. The van der Waals surface area contributed by atoms with Crippen LogP contribution in [0.15, 0.2) is 18.2 Å². The van der Waals surface area contributed by atoms with E-state index in [0.29, 0.717) is 12.6 Å². The number of hydrogen-bond donors (Lipinski definition) is 2. The van der Waals surface area contributed by atoms with Crippen LogP contribution < -0.4 is 11.1 Å². The Labute approximate surface area is 104 Å². The van der Waals surface area contributed by atoms with Gasteiger partial charge < -0.3 is 11.1 Å². The molecule has 0 spiro atoms. The van der Waals surface area contributed by atoms with Gasteiger partial charge in [0.05, 0.1) is 5.56 Å². The molecular weight excluding hydrogens is 241 g/mol. The maximum absolute atomic E-state index is 12.5. The average molecular weight is 258 g/mol. The van der Waals surface area contributed by atoms with E-state index in [4.69, 9.17) is 5.73 Å². The lowest BCUT2D eigenvalue weighted by atomic mass is 10.1. The SMILES string of the molecule is Nc1cc(C(F)(F)F)ccc1CNC1CCCC1. The maximum atomic E-state index is 12.5. The number of halogens is 3. The lowest BCUT2D eigenvalue weighted by molar-refractivity contribution is -0.137. The van der Waals surface area contributed by atoms with Crippen molar-refractivity contribution in [1.29, 1.82) is 0 Å². The second-order valence-corrected chi connectivity index (χ2v) is 4.77. The van der Waals surface area contributed by atoms with E-state index < -0.39 is 11.7 Å². The van der Waals surface area contributed by atoms with Crippen molar-refractivity contribution in [3.05, 3.63) is 29.3 Å². The molecule has 1 aliphatic rings. The number of rotatable bonds is 3. The van der Waals surface area contributed by atoms with Gasteiger partial charge in [-0.2, -0.15) is 13.2 Å². The average Bonchev–Trinajstić information content (AvgIpc) is 2.79. The third kappa shape index (κ3) is 3.16. The molecule has 3 N–H and O–H groups in total. The Hall–Kier alpha value is -1.23. The smallest absolute Gasteiger partial charge is 0.398 e. The fourth-order valence-corrected chi connectivity index (χ4v) is 2.32. The van der Waals surface area contributed by atoms with Crippen molar-refractivity contribution in [2.24, 2.45) is 0 Å². The summed E-state index contributed by atoms with van der Waals surface area (Å²) in [6.07, 6.45) is 0.396. The molecule has 0 aromatic heterocycles. The lowest BCUT2D eigenvalue weighted by Gasteiger charge is -2.14. The molecule has 0 amide bonds. The van der Waals surface area contributed by atoms with Crippen LogP contribution in [0, 0.1) is 0 Å². The van der Waals surface area contributed by atoms with Crippen molar-refractivity contribution >= 4 is 5.69 Å². The molecule has 0 bridgehead atoms. The number of nitrogen functional groups attached to an aromatic ring is 1. The summed E-state index contributed by atoms with van der Waals surface area (Å²) in [4.78, 5) is 0. The highest BCUT2D eigenvalue weighted by Crippen LogP contribution is 2.31. The number of anilines is 1. The third-order valence-corrected chi connectivity index (χ3v) is 3.41. The Balaban J connectivity index is 2.01. The molecule has 0 aliphatic heterocycles. The molecule has 1 aliphatic carbocycles. The Kier molecular flexibility index (Phi) is 3.80. The number of benzene rings is 1. The molecule has 0 radical (unpaired) electrons. The van der Waals surface area contributed by atoms with E-state index in [1.165, 1.54) is 18.9 Å². The highest BCUT2D eigenvalue weighted by atomic mass is 19.4. The van der Waals surface area contributed by atoms with E-state index in [-0.39, 0.29) is 5.69 Å². The van der Waals surface area contributed by atoms with E-state index >= 15 is 0 Å². The van der Waals surface area contributed by atoms with Gasteiger partial charge in [-0.05, 0) is 30.5 Å². The first-order valence-corrected chi connectivity index (χ1v) is 6.16. The number of nitrogens with two attached hydrogens (primary N) is 1. The summed E-state index contributed by atoms with van der Waals surface area (Å²) in [6.45, 7) is 0.536. The van der Waals surface area contributed by atoms with Crippen molar-refractivity contribution < 1.29 is 13.2 Å². The summed E-state index contributed by atoms with van der Waals surface area (Å²) in [5, 5.41) is 3.34. The molecule has 1 aromatic rings. The largest absolute Gasteiger partial charge is 0.416 e. The topological polar surface area (TPSA) is 38.0 Å². The van der Waals surface area contributed by atoms with Crippen LogP contribution in [0.4, 0.5) is 18.9 Å². The first-order valence-electron chi connectivity index (χ1n) is 6.16. The standard InChI is InChI=1S/C13H17F3N2/c14-13(15,16)10-6-5-9(12(17)7-10)8-18-11-3-1-2-4-11/h5-7,11,18H,1-4,8,17H2. The zero-order chi connectivity index (χ0) is 13.2. The second kappa shape index (κ2) is 5.18. The zero-order valence-electron chi connectivity index (χ0n) is 10.1. The van der Waals surface area contributed by atoms with Crippen molar-refractivity contribution in [3.63, 3.8) is 0 Å². The normalized spacial score (nSPS) is 17.3. The minimum absolute atomic E-state index is 0.204. The predicted molar refractivity (Wildman–Crippen MR) is 65.0 cm³/mol. The van der Waals surface area contributed by atoms with Gasteiger partial charge in [-0.15, -0.1) is 0 Å². The summed E-state index contributed by atoms with van der Waals surface area (Å²) in [5.74, 6) is 0. The molecule has 1 saturated carbocycles. The maximum Gasteiger partial charge on any atom is 0.416 e. The lowest BCUT2D eigenvalue weighted by Crippen LogP contribution is -2.25. The Bertz CT molecular complexity index is 409. The van der Waals surface area contributed by atoms with Gasteiger partial charge in [0.25, 0.3) is 0 Å². The van der Waals surface area contributed by atoms with E-state index in [2.05, 4.69) is 5.32 Å². The third-order valence-electron chi connectivity index (χ3n) is 3.41. The van der Waals surface area contributed by atoms with Gasteiger partial charge in [0.1, 0.15) is 0 Å². The molecule has 0 unspecified atom stereocenters. The first kappa shape index (κ1) is 13.2. The molecule has 2 rings (SSSR count). The van der Waals surface area contributed by atoms with Crippen LogP contribution in [0.5, 0.6) is 0 Å². The van der Waals surface area contributed by atoms with Gasteiger partial charge in [0, 0.05) is 18.3 Å². The molecule has 0 atom stereocenters. The summed E-state index contributed by atoms with van der Waals surface area (Å²) in [7, 11) is 0. The van der Waals surface area contributed by atoms with Crippen molar-refractivity contribution in [3.8, 4) is 0 Å². The molecule has 1 fully saturated rings. The quantitative estimate of drug-likeness (QED) is 0.816. The van der Waals surface area contributed by atoms with Crippen LogP contribution in [-0.4, -0.2) is 6.04 Å². The summed E-state index contributed by atoms with van der Waals surface area (Å²) < 4.78 is 37.4. The van der Waals surface area contributed by atoms with Crippen LogP contribution in [0.25, 0.3) is 0 Å². The summed E-state index contributed by atoms with van der Waals surface area (Å²) >= 11 is 0. The highest BCUT2D eigenvalue weighted by molar-refractivity contribution is 5.49. The van der Waals surface area contributed by atoms with Gasteiger partial charge in [-0.1, -0.05) is 18.9 Å². The summed E-state index contributed by atoms with van der Waals surface area (Å²) in [5.41, 5.74) is 5.91. The Morgan fingerprint density at radius 2 is 1.89 bits per heavy atom. The fourth-order valence-electron chi connectivity index (χ4n) is 2.32. The second-order valence-electron chi connectivity index (χ2n) is 4.77.